The van der Waals surface area contributed by atoms with Crippen LogP contribution in [0.25, 0.3) is 6.08 Å². The van der Waals surface area contributed by atoms with E-state index in [9.17, 15) is 13.2 Å². The van der Waals surface area contributed by atoms with Crippen LogP contribution in [0.2, 0.25) is 5.02 Å². The van der Waals surface area contributed by atoms with Crippen LogP contribution in [0.5, 0.6) is 0 Å². The van der Waals surface area contributed by atoms with Gasteiger partial charge in [0.05, 0.1) is 5.56 Å². The molecule has 0 aromatic heterocycles. The number of halogens is 4. The van der Waals surface area contributed by atoms with E-state index in [1.54, 1.807) is 18.2 Å². The predicted octanol–water partition coefficient (Wildman–Crippen LogP) is 5.34. The van der Waals surface area contributed by atoms with Gasteiger partial charge < -0.3 is 15.7 Å². The summed E-state index contributed by atoms with van der Waals surface area (Å²) in [6.07, 6.45) is -0.614. The molecule has 4 rings (SSSR count). The van der Waals surface area contributed by atoms with Crippen molar-refractivity contribution in [2.45, 2.75) is 24.9 Å². The first-order valence-corrected chi connectivity index (χ1v) is 10.6. The Morgan fingerprint density at radius 1 is 1.12 bits per heavy atom. The molecule has 4 nitrogen and oxygen atoms in total. The second-order valence-corrected chi connectivity index (χ2v) is 8.16. The first kappa shape index (κ1) is 25.7. The molecule has 0 bridgehead atoms. The summed E-state index contributed by atoms with van der Waals surface area (Å²) in [5.74, 6) is 0.832. The predicted molar refractivity (Wildman–Crippen MR) is 123 cm³/mol. The number of primary amides is 1. The van der Waals surface area contributed by atoms with E-state index in [1.165, 1.54) is 12.1 Å². The summed E-state index contributed by atoms with van der Waals surface area (Å²) < 4.78 is 40.1. The van der Waals surface area contributed by atoms with Crippen molar-refractivity contribution < 1.29 is 23.1 Å². The first-order chi connectivity index (χ1) is 15.3. The van der Waals surface area contributed by atoms with Crippen LogP contribution >= 0.6 is 11.6 Å². The number of anilines is 1. The smallest absolute Gasteiger partial charge is 0.400 e. The number of fused-ring (bicyclic) bond motifs is 1. The molecular weight excluding hydrogens is 441 g/mol. The van der Waals surface area contributed by atoms with E-state index in [-0.39, 0.29) is 12.3 Å². The van der Waals surface area contributed by atoms with Gasteiger partial charge in [-0.15, -0.1) is 0 Å². The fourth-order valence-corrected chi connectivity index (χ4v) is 5.02. The second kappa shape index (κ2) is 11.4. The number of nitrogens with zero attached hydrogens (tertiary/aromatic N) is 1. The van der Waals surface area contributed by atoms with Gasteiger partial charge in [0.1, 0.15) is 0 Å². The van der Waals surface area contributed by atoms with Crippen LogP contribution in [0.1, 0.15) is 35.4 Å². The van der Waals surface area contributed by atoms with Crippen LogP contribution in [-0.4, -0.2) is 31.7 Å². The molecule has 1 amide bonds. The maximum Gasteiger partial charge on any atom is 0.416 e. The second-order valence-electron chi connectivity index (χ2n) is 7.72. The Morgan fingerprint density at radius 3 is 2.22 bits per heavy atom. The lowest BCUT2D eigenvalue weighted by Gasteiger charge is -2.24. The number of aliphatic hydroxyl groups is 1. The molecule has 2 fully saturated rings. The summed E-state index contributed by atoms with van der Waals surface area (Å²) in [6, 6.07) is 11.8. The number of alkyl halides is 3. The van der Waals surface area contributed by atoms with Crippen LogP contribution in [0, 0.1) is 11.8 Å². The van der Waals surface area contributed by atoms with E-state index in [2.05, 4.69) is 17.2 Å². The maximum absolute atomic E-state index is 13.4. The highest BCUT2D eigenvalue weighted by Crippen LogP contribution is 2.49. The molecule has 174 valence electrons. The molecule has 0 radical (unpaired) electrons. The molecule has 1 saturated carbocycles. The minimum absolute atomic E-state index is 0.0101. The van der Waals surface area contributed by atoms with E-state index in [0.29, 0.717) is 22.4 Å². The van der Waals surface area contributed by atoms with Gasteiger partial charge in [-0.25, -0.2) is 0 Å². The molecule has 2 aromatic rings. The Hall–Kier alpha value is -2.51. The molecule has 1 heterocycles. The van der Waals surface area contributed by atoms with Gasteiger partial charge in [-0.2, -0.15) is 13.2 Å². The number of carbonyl (C=O) groups excluding carboxylic acids is 1. The summed E-state index contributed by atoms with van der Waals surface area (Å²) in [5, 5.41) is 7.68. The number of aliphatic hydroxyl groups excluding tert-OH is 1. The van der Waals surface area contributed by atoms with E-state index in [1.807, 2.05) is 18.2 Å². The molecule has 1 aliphatic carbocycles. The lowest BCUT2D eigenvalue weighted by Crippen LogP contribution is -2.22. The van der Waals surface area contributed by atoms with E-state index in [4.69, 9.17) is 21.5 Å². The Bertz CT molecular complexity index is 906. The zero-order valence-corrected chi connectivity index (χ0v) is 18.6. The molecule has 2 atom stereocenters. The van der Waals surface area contributed by atoms with Crippen molar-refractivity contribution in [3.8, 4) is 0 Å². The molecule has 32 heavy (non-hydrogen) atoms. The van der Waals surface area contributed by atoms with Crippen LogP contribution in [0.4, 0.5) is 18.9 Å². The number of rotatable bonds is 3. The van der Waals surface area contributed by atoms with Crippen molar-refractivity contribution >= 4 is 29.8 Å². The van der Waals surface area contributed by atoms with Crippen molar-refractivity contribution in [3.63, 3.8) is 0 Å². The quantitative estimate of drug-likeness (QED) is 0.597. The monoisotopic (exact) mass is 468 g/mol. The van der Waals surface area contributed by atoms with Crippen LogP contribution < -0.4 is 10.6 Å². The summed E-state index contributed by atoms with van der Waals surface area (Å²) in [6.45, 7) is 5.61. The molecule has 8 heteroatoms. The fraction of sp³-hybridized carbons (Fsp3) is 0.375. The van der Waals surface area contributed by atoms with Crippen LogP contribution in [0.3, 0.4) is 0 Å². The summed E-state index contributed by atoms with van der Waals surface area (Å²) in [5.41, 5.74) is 6.26. The van der Waals surface area contributed by atoms with E-state index in [0.717, 1.165) is 44.3 Å². The number of benzene rings is 2. The van der Waals surface area contributed by atoms with Crippen LogP contribution in [-0.2, 0) is 11.0 Å². The van der Waals surface area contributed by atoms with Gasteiger partial charge in [-0.05, 0) is 66.0 Å². The molecular formula is C24H28ClF3N2O2. The zero-order valence-electron chi connectivity index (χ0n) is 17.9. The average Bonchev–Trinajstić information content (AvgIpc) is 3.34. The SMILES string of the molecule is C=Cc1cc(Cl)ccc1N1CC2CC(c3ccccc3C(F)(F)F)CC2C1.CO.NC=O. The van der Waals surface area contributed by atoms with Crippen molar-refractivity contribution in [1.29, 1.82) is 0 Å². The van der Waals surface area contributed by atoms with Gasteiger partial charge in [0.25, 0.3) is 0 Å². The molecule has 1 aliphatic heterocycles. The van der Waals surface area contributed by atoms with Gasteiger partial charge in [0, 0.05) is 30.9 Å². The van der Waals surface area contributed by atoms with Crippen molar-refractivity contribution in [3.05, 3.63) is 70.8 Å². The highest BCUT2D eigenvalue weighted by atomic mass is 35.5. The van der Waals surface area contributed by atoms with Gasteiger partial charge in [-0.3, -0.25) is 4.79 Å². The molecule has 0 spiro atoms. The van der Waals surface area contributed by atoms with E-state index < -0.39 is 11.7 Å². The molecule has 3 N–H and O–H groups in total. The fourth-order valence-electron chi connectivity index (χ4n) is 4.84. The normalized spacial score (nSPS) is 21.6. The Kier molecular flexibility index (Phi) is 9.16. The third-order valence-corrected chi connectivity index (χ3v) is 6.24. The standard InChI is InChI=1S/C22H21ClF3N.CH3NO.CH4O/c1-2-14-11-18(23)7-8-21(14)27-12-16-9-15(10-17(16)13-27)19-5-3-4-6-20(19)22(24,25)26;2-1-3;1-2/h2-8,11,15-17H,1,9-10,12-13H2;1H,(H2,2,3);2H,1H3. The lowest BCUT2D eigenvalue weighted by atomic mass is 9.91. The largest absolute Gasteiger partial charge is 0.416 e. The number of nitrogens with two attached hydrogens (primary N) is 1. The Balaban J connectivity index is 0.000000671. The lowest BCUT2D eigenvalue weighted by molar-refractivity contribution is -0.138. The topological polar surface area (TPSA) is 66.6 Å². The number of amides is 1. The molecule has 2 aromatic carbocycles. The number of carbonyl (C=O) groups is 1. The maximum atomic E-state index is 13.4. The Labute approximate surface area is 191 Å². The molecule has 1 saturated heterocycles. The molecule has 2 unspecified atom stereocenters. The van der Waals surface area contributed by atoms with Gasteiger partial charge in [0.15, 0.2) is 0 Å². The van der Waals surface area contributed by atoms with Crippen molar-refractivity contribution in [1.82, 2.24) is 0 Å². The minimum Gasteiger partial charge on any atom is -0.400 e. The average molecular weight is 469 g/mol. The summed E-state index contributed by atoms with van der Waals surface area (Å²) >= 11 is 6.08. The number of hydrogen-bond donors (Lipinski definition) is 2. The third kappa shape index (κ3) is 5.84. The van der Waals surface area contributed by atoms with Gasteiger partial charge in [0.2, 0.25) is 6.41 Å². The third-order valence-electron chi connectivity index (χ3n) is 6.01. The summed E-state index contributed by atoms with van der Waals surface area (Å²) in [7, 11) is 1.00. The summed E-state index contributed by atoms with van der Waals surface area (Å²) in [4.78, 5) is 10.9. The highest BCUT2D eigenvalue weighted by molar-refractivity contribution is 6.30. The van der Waals surface area contributed by atoms with Gasteiger partial charge in [-0.1, -0.05) is 42.5 Å². The van der Waals surface area contributed by atoms with Gasteiger partial charge >= 0.3 is 6.18 Å². The van der Waals surface area contributed by atoms with Crippen LogP contribution in [0.15, 0.2) is 49.0 Å². The first-order valence-electron chi connectivity index (χ1n) is 10.2. The van der Waals surface area contributed by atoms with Crippen molar-refractivity contribution in [2.75, 3.05) is 25.1 Å². The van der Waals surface area contributed by atoms with E-state index >= 15 is 0 Å². The highest BCUT2D eigenvalue weighted by Gasteiger charge is 2.44. The minimum atomic E-state index is -4.29. The Morgan fingerprint density at radius 2 is 1.69 bits per heavy atom. The number of hydrogen-bond acceptors (Lipinski definition) is 3. The van der Waals surface area contributed by atoms with Crippen molar-refractivity contribution in [2.24, 2.45) is 17.6 Å². The molecule has 2 aliphatic rings. The zero-order chi connectivity index (χ0) is 23.9.